The van der Waals surface area contributed by atoms with Crippen molar-refractivity contribution in [2.24, 2.45) is 11.7 Å². The van der Waals surface area contributed by atoms with Crippen molar-refractivity contribution in [3.05, 3.63) is 53.6 Å². The van der Waals surface area contributed by atoms with Crippen LogP contribution in [0.25, 0.3) is 0 Å². The highest BCUT2D eigenvalue weighted by atomic mass is 32.2. The quantitative estimate of drug-likeness (QED) is 0.726. The lowest BCUT2D eigenvalue weighted by atomic mass is 9.98. The number of hydrogen-bond acceptors (Lipinski definition) is 5. The summed E-state index contributed by atoms with van der Waals surface area (Å²) in [4.78, 5) is 24.0. The Labute approximate surface area is 176 Å². The number of primary amides is 1. The average Bonchev–Trinajstić information content (AvgIpc) is 2.74. The molecule has 1 aliphatic heterocycles. The summed E-state index contributed by atoms with van der Waals surface area (Å²) in [5.74, 6) is -1.02. The Morgan fingerprint density at radius 3 is 2.50 bits per heavy atom. The van der Waals surface area contributed by atoms with Crippen LogP contribution in [0.3, 0.4) is 0 Å². The lowest BCUT2D eigenvalue weighted by molar-refractivity contribution is -0.120. The fraction of sp³-hybridized carbons (Fsp3) is 0.333. The number of ether oxygens (including phenoxy) is 1. The Morgan fingerprint density at radius 2 is 1.87 bits per heavy atom. The largest absolute Gasteiger partial charge is 0.495 e. The molecule has 3 rings (SSSR count). The molecule has 1 aliphatic rings. The van der Waals surface area contributed by atoms with Gasteiger partial charge in [-0.25, -0.2) is 8.42 Å². The molecule has 2 amide bonds. The van der Waals surface area contributed by atoms with Gasteiger partial charge in [0, 0.05) is 24.3 Å². The van der Waals surface area contributed by atoms with Crippen molar-refractivity contribution in [1.82, 2.24) is 4.31 Å². The fourth-order valence-electron chi connectivity index (χ4n) is 3.46. The summed E-state index contributed by atoms with van der Waals surface area (Å²) in [7, 11) is -2.37. The molecule has 0 saturated carbocycles. The number of piperidine rings is 1. The van der Waals surface area contributed by atoms with E-state index in [9.17, 15) is 18.0 Å². The van der Waals surface area contributed by atoms with Gasteiger partial charge in [-0.3, -0.25) is 9.59 Å². The van der Waals surface area contributed by atoms with E-state index < -0.39 is 21.8 Å². The number of aryl methyl sites for hydroxylation is 1. The minimum Gasteiger partial charge on any atom is -0.495 e. The van der Waals surface area contributed by atoms with Gasteiger partial charge >= 0.3 is 0 Å². The first kappa shape index (κ1) is 21.8. The predicted octanol–water partition coefficient (Wildman–Crippen LogP) is 2.14. The maximum atomic E-state index is 13.2. The van der Waals surface area contributed by atoms with Crippen molar-refractivity contribution in [2.45, 2.75) is 24.7 Å². The second-order valence-electron chi connectivity index (χ2n) is 7.29. The molecule has 1 heterocycles. The Balaban J connectivity index is 1.75. The van der Waals surface area contributed by atoms with Crippen LogP contribution in [0.1, 0.15) is 28.8 Å². The number of amides is 2. The second kappa shape index (κ2) is 8.85. The molecule has 0 unspecified atom stereocenters. The van der Waals surface area contributed by atoms with Crippen molar-refractivity contribution in [1.29, 1.82) is 0 Å². The third-order valence-corrected chi connectivity index (χ3v) is 7.02. The van der Waals surface area contributed by atoms with Gasteiger partial charge in [-0.05, 0) is 61.7 Å². The van der Waals surface area contributed by atoms with Crippen molar-refractivity contribution >= 4 is 27.5 Å². The lowest BCUT2D eigenvalue weighted by Gasteiger charge is -2.31. The van der Waals surface area contributed by atoms with Gasteiger partial charge in [0.2, 0.25) is 21.8 Å². The molecule has 1 saturated heterocycles. The molecule has 160 valence electrons. The third kappa shape index (κ3) is 4.63. The molecule has 2 aromatic rings. The highest BCUT2D eigenvalue weighted by molar-refractivity contribution is 7.89. The van der Waals surface area contributed by atoms with Gasteiger partial charge < -0.3 is 15.8 Å². The zero-order valence-electron chi connectivity index (χ0n) is 16.9. The van der Waals surface area contributed by atoms with Gasteiger partial charge in [-0.15, -0.1) is 0 Å². The predicted molar refractivity (Wildman–Crippen MR) is 113 cm³/mol. The van der Waals surface area contributed by atoms with Crippen LogP contribution in [0.5, 0.6) is 5.75 Å². The first-order valence-electron chi connectivity index (χ1n) is 9.58. The van der Waals surface area contributed by atoms with Crippen LogP contribution >= 0.6 is 0 Å². The fourth-order valence-corrected chi connectivity index (χ4v) is 5.23. The van der Waals surface area contributed by atoms with Crippen molar-refractivity contribution in [3.8, 4) is 5.75 Å². The monoisotopic (exact) mass is 431 g/mol. The van der Waals surface area contributed by atoms with E-state index in [1.807, 2.05) is 6.92 Å². The molecular formula is C21H25N3O5S. The van der Waals surface area contributed by atoms with E-state index in [1.54, 1.807) is 30.3 Å². The van der Waals surface area contributed by atoms with E-state index >= 15 is 0 Å². The van der Waals surface area contributed by atoms with Gasteiger partial charge in [0.05, 0.1) is 13.0 Å². The van der Waals surface area contributed by atoms with Gasteiger partial charge in [0.1, 0.15) is 10.6 Å². The number of rotatable bonds is 6. The third-order valence-electron chi connectivity index (χ3n) is 5.13. The van der Waals surface area contributed by atoms with Gasteiger partial charge in [0.15, 0.2) is 0 Å². The summed E-state index contributed by atoms with van der Waals surface area (Å²) in [5.41, 5.74) is 6.89. The molecule has 0 radical (unpaired) electrons. The smallest absolute Gasteiger partial charge is 0.248 e. The maximum Gasteiger partial charge on any atom is 0.248 e. The van der Waals surface area contributed by atoms with Crippen LogP contribution in [0.2, 0.25) is 0 Å². The number of carbonyl (C=O) groups is 2. The number of nitrogens with two attached hydrogens (primary N) is 1. The Morgan fingerprint density at radius 1 is 1.17 bits per heavy atom. The SMILES string of the molecule is COc1ccc(C)cc1S(=O)(=O)N1CCC[C@H](C(=O)Nc2ccc(C(N)=O)cc2)C1. The van der Waals surface area contributed by atoms with E-state index in [0.717, 1.165) is 5.56 Å². The lowest BCUT2D eigenvalue weighted by Crippen LogP contribution is -2.43. The van der Waals surface area contributed by atoms with Crippen molar-refractivity contribution < 1.29 is 22.7 Å². The maximum absolute atomic E-state index is 13.2. The summed E-state index contributed by atoms with van der Waals surface area (Å²) in [6.07, 6.45) is 1.16. The molecule has 30 heavy (non-hydrogen) atoms. The van der Waals surface area contributed by atoms with E-state index in [2.05, 4.69) is 5.32 Å². The molecule has 0 aromatic heterocycles. The number of hydrogen-bond donors (Lipinski definition) is 2. The molecule has 1 atom stereocenters. The molecule has 0 spiro atoms. The van der Waals surface area contributed by atoms with Crippen LogP contribution in [-0.4, -0.2) is 44.7 Å². The van der Waals surface area contributed by atoms with Crippen molar-refractivity contribution in [3.63, 3.8) is 0 Å². The number of benzene rings is 2. The molecule has 9 heteroatoms. The minimum absolute atomic E-state index is 0.0879. The Bertz CT molecular complexity index is 1050. The summed E-state index contributed by atoms with van der Waals surface area (Å²) >= 11 is 0. The number of carbonyl (C=O) groups excluding carboxylic acids is 2. The Hall–Kier alpha value is -2.91. The standard InChI is InChI=1S/C21H25N3O5S/c1-14-5-10-18(29-2)19(12-14)30(27,28)24-11-3-4-16(13-24)21(26)23-17-8-6-15(7-9-17)20(22)25/h5-10,12,16H,3-4,11,13H2,1-2H3,(H2,22,25)(H,23,26)/t16-/m0/s1. The second-order valence-corrected chi connectivity index (χ2v) is 9.19. The highest BCUT2D eigenvalue weighted by Crippen LogP contribution is 2.31. The van der Waals surface area contributed by atoms with Crippen LogP contribution < -0.4 is 15.8 Å². The number of methoxy groups -OCH3 is 1. The summed E-state index contributed by atoms with van der Waals surface area (Å²) in [6.45, 7) is 2.25. The molecular weight excluding hydrogens is 406 g/mol. The topological polar surface area (TPSA) is 119 Å². The molecule has 8 nitrogen and oxygen atoms in total. The van der Waals surface area contributed by atoms with E-state index in [1.165, 1.54) is 23.5 Å². The minimum atomic E-state index is -3.80. The van der Waals surface area contributed by atoms with Crippen LogP contribution in [0.4, 0.5) is 5.69 Å². The summed E-state index contributed by atoms with van der Waals surface area (Å²) < 4.78 is 33.0. The number of nitrogens with zero attached hydrogens (tertiary/aromatic N) is 1. The van der Waals surface area contributed by atoms with E-state index in [4.69, 9.17) is 10.5 Å². The average molecular weight is 432 g/mol. The van der Waals surface area contributed by atoms with Gasteiger partial charge in [-0.1, -0.05) is 6.07 Å². The summed E-state index contributed by atoms with van der Waals surface area (Å²) in [5, 5.41) is 2.78. The zero-order chi connectivity index (χ0) is 21.9. The van der Waals surface area contributed by atoms with Crippen LogP contribution in [0.15, 0.2) is 47.4 Å². The number of sulfonamides is 1. The Kier molecular flexibility index (Phi) is 6.42. The van der Waals surface area contributed by atoms with Crippen LogP contribution in [0, 0.1) is 12.8 Å². The van der Waals surface area contributed by atoms with Gasteiger partial charge in [0.25, 0.3) is 0 Å². The molecule has 3 N–H and O–H groups in total. The van der Waals surface area contributed by atoms with E-state index in [0.29, 0.717) is 30.6 Å². The van der Waals surface area contributed by atoms with Crippen molar-refractivity contribution in [2.75, 3.05) is 25.5 Å². The zero-order valence-corrected chi connectivity index (χ0v) is 17.7. The highest BCUT2D eigenvalue weighted by Gasteiger charge is 2.35. The first-order chi connectivity index (χ1) is 14.2. The molecule has 2 aromatic carbocycles. The normalized spacial score (nSPS) is 17.3. The van der Waals surface area contributed by atoms with Crippen LogP contribution in [-0.2, 0) is 14.8 Å². The summed E-state index contributed by atoms with van der Waals surface area (Å²) in [6, 6.07) is 11.2. The molecule has 1 fully saturated rings. The molecule has 0 bridgehead atoms. The van der Waals surface area contributed by atoms with Gasteiger partial charge in [-0.2, -0.15) is 4.31 Å². The van der Waals surface area contributed by atoms with E-state index in [-0.39, 0.29) is 23.1 Å². The first-order valence-corrected chi connectivity index (χ1v) is 11.0. The molecule has 0 aliphatic carbocycles. The number of anilines is 1. The number of nitrogens with one attached hydrogen (secondary N) is 1.